The molecular weight excluding hydrogens is 334 g/mol. The summed E-state index contributed by atoms with van der Waals surface area (Å²) in [5, 5.41) is 3.17. The Hall–Kier alpha value is -1.66. The van der Waals surface area contributed by atoms with E-state index in [0.717, 1.165) is 16.8 Å². The summed E-state index contributed by atoms with van der Waals surface area (Å²) in [6.45, 7) is 5.72. The Bertz CT molecular complexity index is 593. The number of nitrogens with zero attached hydrogens (tertiary/aromatic N) is 2. The van der Waals surface area contributed by atoms with Gasteiger partial charge in [-0.2, -0.15) is 4.98 Å². The van der Waals surface area contributed by atoms with Gasteiger partial charge in [0.05, 0.1) is 0 Å². The van der Waals surface area contributed by atoms with Crippen LogP contribution < -0.4 is 10.1 Å². The Kier molecular flexibility index (Phi) is 5.95. The van der Waals surface area contributed by atoms with Crippen LogP contribution in [0.2, 0.25) is 0 Å². The van der Waals surface area contributed by atoms with Gasteiger partial charge in [0.2, 0.25) is 5.88 Å². The Morgan fingerprint density at radius 2 is 2.05 bits per heavy atom. The van der Waals surface area contributed by atoms with Gasteiger partial charge in [-0.1, -0.05) is 22.0 Å². The van der Waals surface area contributed by atoms with Crippen molar-refractivity contribution in [2.75, 3.05) is 18.5 Å². The van der Waals surface area contributed by atoms with Crippen molar-refractivity contribution in [2.24, 2.45) is 0 Å². The summed E-state index contributed by atoms with van der Waals surface area (Å²) in [4.78, 5) is 8.75. The Balaban J connectivity index is 2.22. The predicted octanol–water partition coefficient (Wildman–Crippen LogP) is 4.00. The summed E-state index contributed by atoms with van der Waals surface area (Å²) in [7, 11) is 0. The molecule has 1 aromatic heterocycles. The smallest absolute Gasteiger partial charge is 0.224 e. The molecule has 0 unspecified atom stereocenters. The van der Waals surface area contributed by atoms with Gasteiger partial charge in [-0.15, -0.1) is 0 Å². The van der Waals surface area contributed by atoms with Gasteiger partial charge in [0.1, 0.15) is 18.2 Å². The SMILES string of the molecule is CCNc1cc(Oc2cccc(Br)c2)nc(COCC)n1. The number of anilines is 1. The summed E-state index contributed by atoms with van der Waals surface area (Å²) in [5.41, 5.74) is 0. The molecule has 6 heteroatoms. The second-order valence-corrected chi connectivity index (χ2v) is 5.15. The molecule has 0 aliphatic rings. The van der Waals surface area contributed by atoms with Crippen molar-refractivity contribution in [3.8, 4) is 11.6 Å². The number of rotatable bonds is 7. The lowest BCUT2D eigenvalue weighted by Crippen LogP contribution is -2.06. The van der Waals surface area contributed by atoms with Crippen LogP contribution in [0.1, 0.15) is 19.7 Å². The van der Waals surface area contributed by atoms with Gasteiger partial charge in [0.25, 0.3) is 0 Å². The minimum atomic E-state index is 0.366. The zero-order chi connectivity index (χ0) is 15.1. The van der Waals surface area contributed by atoms with E-state index in [4.69, 9.17) is 9.47 Å². The van der Waals surface area contributed by atoms with Crippen LogP contribution in [-0.2, 0) is 11.3 Å². The summed E-state index contributed by atoms with van der Waals surface area (Å²) < 4.78 is 12.1. The highest BCUT2D eigenvalue weighted by atomic mass is 79.9. The van der Waals surface area contributed by atoms with Gasteiger partial charge in [-0.05, 0) is 32.0 Å². The van der Waals surface area contributed by atoms with E-state index in [9.17, 15) is 0 Å². The molecule has 5 nitrogen and oxygen atoms in total. The molecule has 0 amide bonds. The van der Waals surface area contributed by atoms with Crippen molar-refractivity contribution >= 4 is 21.7 Å². The van der Waals surface area contributed by atoms with Crippen LogP contribution in [-0.4, -0.2) is 23.1 Å². The monoisotopic (exact) mass is 351 g/mol. The first-order chi connectivity index (χ1) is 10.2. The van der Waals surface area contributed by atoms with Crippen LogP contribution in [0.25, 0.3) is 0 Å². The molecule has 1 heterocycles. The maximum Gasteiger partial charge on any atom is 0.224 e. The highest BCUT2D eigenvalue weighted by Crippen LogP contribution is 2.24. The summed E-state index contributed by atoms with van der Waals surface area (Å²) in [6, 6.07) is 9.39. The van der Waals surface area contributed by atoms with E-state index in [1.165, 1.54) is 0 Å². The molecule has 2 aromatic rings. The lowest BCUT2D eigenvalue weighted by molar-refractivity contribution is 0.128. The first-order valence-corrected chi connectivity index (χ1v) is 7.63. The number of benzene rings is 1. The maximum atomic E-state index is 5.79. The molecular formula is C15H18BrN3O2. The van der Waals surface area contributed by atoms with E-state index >= 15 is 0 Å². The zero-order valence-electron chi connectivity index (χ0n) is 12.1. The molecule has 2 rings (SSSR count). The molecule has 0 bridgehead atoms. The number of hydrogen-bond acceptors (Lipinski definition) is 5. The molecule has 0 aliphatic heterocycles. The van der Waals surface area contributed by atoms with E-state index in [2.05, 4.69) is 31.2 Å². The fourth-order valence-electron chi connectivity index (χ4n) is 1.71. The number of aromatic nitrogens is 2. The average Bonchev–Trinajstić information content (AvgIpc) is 2.45. The lowest BCUT2D eigenvalue weighted by Gasteiger charge is -2.10. The van der Waals surface area contributed by atoms with Crippen LogP contribution in [0, 0.1) is 0 Å². The van der Waals surface area contributed by atoms with Gasteiger partial charge in [-0.25, -0.2) is 4.98 Å². The topological polar surface area (TPSA) is 56.3 Å². The summed E-state index contributed by atoms with van der Waals surface area (Å²) in [6.07, 6.45) is 0. The zero-order valence-corrected chi connectivity index (χ0v) is 13.7. The predicted molar refractivity (Wildman–Crippen MR) is 85.7 cm³/mol. The third-order valence-electron chi connectivity index (χ3n) is 2.56. The lowest BCUT2D eigenvalue weighted by atomic mass is 10.3. The third kappa shape index (κ3) is 4.99. The molecule has 1 aromatic carbocycles. The molecule has 0 saturated heterocycles. The fraction of sp³-hybridized carbons (Fsp3) is 0.333. The minimum absolute atomic E-state index is 0.366. The van der Waals surface area contributed by atoms with Crippen molar-refractivity contribution < 1.29 is 9.47 Å². The van der Waals surface area contributed by atoms with E-state index in [-0.39, 0.29) is 0 Å². The van der Waals surface area contributed by atoms with Crippen LogP contribution >= 0.6 is 15.9 Å². The highest BCUT2D eigenvalue weighted by molar-refractivity contribution is 9.10. The molecule has 21 heavy (non-hydrogen) atoms. The van der Waals surface area contributed by atoms with Crippen molar-refractivity contribution in [2.45, 2.75) is 20.5 Å². The van der Waals surface area contributed by atoms with Crippen molar-refractivity contribution in [3.63, 3.8) is 0 Å². The molecule has 0 aliphatic carbocycles. The minimum Gasteiger partial charge on any atom is -0.439 e. The summed E-state index contributed by atoms with van der Waals surface area (Å²) >= 11 is 3.42. The standard InChI is InChI=1S/C15H18BrN3O2/c1-3-17-13-9-15(19-14(18-13)10-20-4-2)21-12-7-5-6-11(16)8-12/h5-9H,3-4,10H2,1-2H3,(H,17,18,19). The van der Waals surface area contributed by atoms with Gasteiger partial charge in [0, 0.05) is 23.7 Å². The second kappa shape index (κ2) is 7.95. The van der Waals surface area contributed by atoms with Crippen LogP contribution in [0.15, 0.2) is 34.8 Å². The highest BCUT2D eigenvalue weighted by Gasteiger charge is 2.07. The Labute approximate surface area is 132 Å². The van der Waals surface area contributed by atoms with Gasteiger partial charge in [0.15, 0.2) is 5.82 Å². The molecule has 0 fully saturated rings. The quantitative estimate of drug-likeness (QED) is 0.816. The van der Waals surface area contributed by atoms with E-state index in [1.54, 1.807) is 6.07 Å². The maximum absolute atomic E-state index is 5.79. The number of nitrogens with one attached hydrogen (secondary N) is 1. The Morgan fingerprint density at radius 3 is 2.76 bits per heavy atom. The Morgan fingerprint density at radius 1 is 1.19 bits per heavy atom. The molecule has 0 saturated carbocycles. The fourth-order valence-corrected chi connectivity index (χ4v) is 2.08. The van der Waals surface area contributed by atoms with Gasteiger partial charge >= 0.3 is 0 Å². The average molecular weight is 352 g/mol. The van der Waals surface area contributed by atoms with E-state index in [1.807, 2.05) is 38.1 Å². The normalized spacial score (nSPS) is 10.4. The van der Waals surface area contributed by atoms with Crippen molar-refractivity contribution in [3.05, 3.63) is 40.6 Å². The molecule has 0 atom stereocenters. The van der Waals surface area contributed by atoms with Crippen molar-refractivity contribution in [1.82, 2.24) is 9.97 Å². The first-order valence-electron chi connectivity index (χ1n) is 6.84. The van der Waals surface area contributed by atoms with E-state index in [0.29, 0.717) is 30.7 Å². The molecule has 0 radical (unpaired) electrons. The molecule has 0 spiro atoms. The van der Waals surface area contributed by atoms with Crippen molar-refractivity contribution in [1.29, 1.82) is 0 Å². The largest absolute Gasteiger partial charge is 0.439 e. The number of ether oxygens (including phenoxy) is 2. The van der Waals surface area contributed by atoms with E-state index < -0.39 is 0 Å². The summed E-state index contributed by atoms with van der Waals surface area (Å²) in [5.74, 6) is 2.54. The van der Waals surface area contributed by atoms with Gasteiger partial charge < -0.3 is 14.8 Å². The molecule has 112 valence electrons. The van der Waals surface area contributed by atoms with Gasteiger partial charge in [-0.3, -0.25) is 0 Å². The van der Waals surface area contributed by atoms with Crippen LogP contribution in [0.3, 0.4) is 0 Å². The van der Waals surface area contributed by atoms with Crippen LogP contribution in [0.5, 0.6) is 11.6 Å². The molecule has 1 N–H and O–H groups in total. The van der Waals surface area contributed by atoms with Crippen LogP contribution in [0.4, 0.5) is 5.82 Å². The second-order valence-electron chi connectivity index (χ2n) is 4.23. The third-order valence-corrected chi connectivity index (χ3v) is 3.05. The number of halogens is 1. The first kappa shape index (κ1) is 15.7. The number of hydrogen-bond donors (Lipinski definition) is 1.